The summed E-state index contributed by atoms with van der Waals surface area (Å²) in [5, 5.41) is 11.6. The molecule has 0 N–H and O–H groups in total. The molecule has 2 unspecified atom stereocenters. The average molecular weight is 794 g/mol. The molecule has 0 rings (SSSR count). The normalized spacial score (nSPS) is 13.9. The van der Waals surface area contributed by atoms with Gasteiger partial charge in [-0.25, -0.2) is 0 Å². The van der Waals surface area contributed by atoms with Gasteiger partial charge in [0.15, 0.2) is 6.10 Å². The molecule has 2 atom stereocenters. The lowest BCUT2D eigenvalue weighted by Crippen LogP contribution is -2.55. The van der Waals surface area contributed by atoms with Gasteiger partial charge in [-0.1, -0.05) is 143 Å². The van der Waals surface area contributed by atoms with Crippen LogP contribution in [0.1, 0.15) is 142 Å². The van der Waals surface area contributed by atoms with Crippen LogP contribution < -0.4 is 5.11 Å². The van der Waals surface area contributed by atoms with Crippen LogP contribution in [0.3, 0.4) is 0 Å². The number of likely N-dealkylation sites (N-methyl/N-ethyl adjacent to an activating group) is 1. The van der Waals surface area contributed by atoms with Crippen molar-refractivity contribution in [3.63, 3.8) is 0 Å². The molecule has 0 aliphatic rings. The van der Waals surface area contributed by atoms with Crippen molar-refractivity contribution in [2.45, 2.75) is 154 Å². The molecule has 0 aliphatic heterocycles. The number of hydrogen-bond acceptors (Lipinski definition) is 7. The monoisotopic (exact) mass is 794 g/mol. The molecule has 0 aliphatic carbocycles. The van der Waals surface area contributed by atoms with E-state index < -0.39 is 18.1 Å². The first-order valence-electron chi connectivity index (χ1n) is 21.8. The summed E-state index contributed by atoms with van der Waals surface area (Å²) < 4.78 is 17.1. The zero-order valence-corrected chi connectivity index (χ0v) is 36.5. The number of carboxylic acids is 1. The summed E-state index contributed by atoms with van der Waals surface area (Å²) in [7, 11) is 5.37. The molecule has 0 aromatic heterocycles. The first-order valence-corrected chi connectivity index (χ1v) is 21.8. The van der Waals surface area contributed by atoms with Gasteiger partial charge in [0.05, 0.1) is 40.3 Å². The van der Waals surface area contributed by atoms with Gasteiger partial charge in [0.25, 0.3) is 0 Å². The first kappa shape index (κ1) is 53.2. The predicted molar refractivity (Wildman–Crippen MR) is 235 cm³/mol. The van der Waals surface area contributed by atoms with Gasteiger partial charge in [0.1, 0.15) is 12.6 Å². The van der Waals surface area contributed by atoms with E-state index in [-0.39, 0.29) is 49.1 Å². The number of ether oxygens (including phenoxy) is 3. The van der Waals surface area contributed by atoms with Crippen LogP contribution in [0.2, 0.25) is 0 Å². The summed E-state index contributed by atoms with van der Waals surface area (Å²) in [4.78, 5) is 36.8. The Labute approximate surface area is 347 Å². The largest absolute Gasteiger partial charge is 0.544 e. The number of carbonyl (C=O) groups excluding carboxylic acids is 3. The molecule has 8 heteroatoms. The van der Waals surface area contributed by atoms with E-state index in [0.29, 0.717) is 12.8 Å². The Balaban J connectivity index is 4.50. The Morgan fingerprint density at radius 3 is 1.44 bits per heavy atom. The number of nitrogens with zero attached hydrogens (tertiary/aromatic N) is 1. The minimum Gasteiger partial charge on any atom is -0.544 e. The highest BCUT2D eigenvalue weighted by molar-refractivity contribution is 5.70. The summed E-state index contributed by atoms with van der Waals surface area (Å²) in [5.74, 6) is -1.87. The third-order valence-electron chi connectivity index (χ3n) is 8.98. The van der Waals surface area contributed by atoms with Crippen molar-refractivity contribution < 1.29 is 38.2 Å². The molecule has 0 amide bonds. The highest BCUT2D eigenvalue weighted by atomic mass is 16.6. The zero-order chi connectivity index (χ0) is 42.1. The Hall–Kier alpha value is -3.75. The van der Waals surface area contributed by atoms with E-state index in [0.717, 1.165) is 83.5 Å². The summed E-state index contributed by atoms with van der Waals surface area (Å²) >= 11 is 0. The molecule has 0 bridgehead atoms. The summed E-state index contributed by atoms with van der Waals surface area (Å²) in [6.07, 6.45) is 51.6. The van der Waals surface area contributed by atoms with Crippen LogP contribution in [0, 0.1) is 0 Å². The van der Waals surface area contributed by atoms with Crippen molar-refractivity contribution in [2.75, 3.05) is 41.0 Å². The lowest BCUT2D eigenvalue weighted by molar-refractivity contribution is -0.889. The van der Waals surface area contributed by atoms with E-state index in [1.807, 2.05) is 12.2 Å². The second-order valence-electron chi connectivity index (χ2n) is 15.2. The lowest BCUT2D eigenvalue weighted by Gasteiger charge is -2.34. The lowest BCUT2D eigenvalue weighted by atomic mass is 10.1. The predicted octanol–water partition coefficient (Wildman–Crippen LogP) is 10.6. The molecule has 0 spiro atoms. The number of esters is 2. The topological polar surface area (TPSA) is 102 Å². The molecule has 0 fully saturated rings. The van der Waals surface area contributed by atoms with E-state index in [1.165, 1.54) is 19.3 Å². The van der Waals surface area contributed by atoms with Gasteiger partial charge in [-0.05, 0) is 77.0 Å². The molecule has 0 aromatic carbocycles. The SMILES string of the molecule is CC/C=C/C/C=C/C/C=C/C/C=C/C/C=C/C/C=C/CCC(=O)OCC(COCCC(C(=O)[O-])[N+](C)(C)C)OC(=O)CCCCCCCCC/C=C/C/C=C/CC. The van der Waals surface area contributed by atoms with Gasteiger partial charge in [-0.3, -0.25) is 9.59 Å². The fraction of sp³-hybridized carbons (Fsp3) is 0.612. The van der Waals surface area contributed by atoms with Crippen LogP contribution in [-0.2, 0) is 28.6 Å². The van der Waals surface area contributed by atoms with Gasteiger partial charge < -0.3 is 28.6 Å². The quantitative estimate of drug-likeness (QED) is 0.0267. The molecule has 0 saturated carbocycles. The minimum absolute atomic E-state index is 0.00765. The number of carboxylic acid groups (broad SMARTS) is 1. The number of carbonyl (C=O) groups is 3. The molecule has 57 heavy (non-hydrogen) atoms. The second kappa shape index (κ2) is 39.1. The molecule has 8 nitrogen and oxygen atoms in total. The molecule has 0 heterocycles. The molecule has 0 saturated heterocycles. The van der Waals surface area contributed by atoms with Crippen molar-refractivity contribution in [2.24, 2.45) is 0 Å². The van der Waals surface area contributed by atoms with E-state index >= 15 is 0 Å². The standard InChI is InChI=1S/C49H79NO7/c1-6-8-10-12-14-16-18-20-22-23-24-25-26-28-29-31-33-35-37-39-47(51)56-44-45(43-55-42-41-46(49(53)54)50(3,4)5)57-48(52)40-38-36-34-32-30-27-21-19-17-15-13-11-9-7-2/h8-11,14-17,20,22,24-25,28-29,33,35,45-46H,6-7,12-13,18-19,21,23,26-27,30-32,34,36-44H2,1-5H3/b10-8+,11-9+,16-14+,17-15+,22-20+,25-24+,29-28+,35-33+. The van der Waals surface area contributed by atoms with Gasteiger partial charge in [0, 0.05) is 19.3 Å². The van der Waals surface area contributed by atoms with E-state index in [2.05, 4.69) is 98.9 Å². The van der Waals surface area contributed by atoms with Crippen molar-refractivity contribution in [1.29, 1.82) is 0 Å². The summed E-state index contributed by atoms with van der Waals surface area (Å²) in [5.41, 5.74) is 0. The summed E-state index contributed by atoms with van der Waals surface area (Å²) in [6.45, 7) is 4.33. The maximum Gasteiger partial charge on any atom is 0.306 e. The van der Waals surface area contributed by atoms with Crippen LogP contribution in [0.15, 0.2) is 97.2 Å². The van der Waals surface area contributed by atoms with E-state index in [4.69, 9.17) is 14.2 Å². The van der Waals surface area contributed by atoms with Crippen molar-refractivity contribution in [3.05, 3.63) is 97.2 Å². The Kier molecular flexibility index (Phi) is 36.5. The Morgan fingerprint density at radius 1 is 0.526 bits per heavy atom. The third kappa shape index (κ3) is 37.6. The fourth-order valence-corrected chi connectivity index (χ4v) is 5.66. The highest BCUT2D eigenvalue weighted by Gasteiger charge is 2.25. The molecular weight excluding hydrogens is 715 g/mol. The number of allylic oxidation sites excluding steroid dienone is 16. The van der Waals surface area contributed by atoms with E-state index in [9.17, 15) is 19.5 Å². The van der Waals surface area contributed by atoms with E-state index in [1.54, 1.807) is 21.1 Å². The maximum atomic E-state index is 12.7. The maximum absolute atomic E-state index is 12.7. The van der Waals surface area contributed by atoms with Crippen LogP contribution in [0.4, 0.5) is 0 Å². The Bertz CT molecular complexity index is 1250. The number of quaternary nitrogens is 1. The number of aliphatic carboxylic acids is 1. The van der Waals surface area contributed by atoms with Crippen molar-refractivity contribution >= 4 is 17.9 Å². The zero-order valence-electron chi connectivity index (χ0n) is 36.5. The highest BCUT2D eigenvalue weighted by Crippen LogP contribution is 2.12. The number of rotatable bonds is 37. The molecule has 0 aromatic rings. The smallest absolute Gasteiger partial charge is 0.306 e. The van der Waals surface area contributed by atoms with Crippen LogP contribution >= 0.6 is 0 Å². The molecule has 0 radical (unpaired) electrons. The van der Waals surface area contributed by atoms with Crippen LogP contribution in [-0.4, -0.2) is 75.5 Å². The number of unbranched alkanes of at least 4 members (excludes halogenated alkanes) is 7. The first-order chi connectivity index (χ1) is 27.6. The minimum atomic E-state index is -1.14. The Morgan fingerprint density at radius 2 is 0.965 bits per heavy atom. The second-order valence-corrected chi connectivity index (χ2v) is 15.2. The van der Waals surface area contributed by atoms with Crippen LogP contribution in [0.25, 0.3) is 0 Å². The van der Waals surface area contributed by atoms with Gasteiger partial charge in [-0.2, -0.15) is 0 Å². The van der Waals surface area contributed by atoms with Crippen molar-refractivity contribution in [1.82, 2.24) is 0 Å². The van der Waals surface area contributed by atoms with Gasteiger partial charge in [-0.15, -0.1) is 0 Å². The third-order valence-corrected chi connectivity index (χ3v) is 8.98. The summed E-state index contributed by atoms with van der Waals surface area (Å²) in [6, 6.07) is -0.743. The van der Waals surface area contributed by atoms with Crippen LogP contribution in [0.5, 0.6) is 0 Å². The van der Waals surface area contributed by atoms with Gasteiger partial charge >= 0.3 is 11.9 Å². The van der Waals surface area contributed by atoms with Crippen molar-refractivity contribution in [3.8, 4) is 0 Å². The number of hydrogen-bond donors (Lipinski definition) is 0. The van der Waals surface area contributed by atoms with Gasteiger partial charge in [0.2, 0.25) is 0 Å². The molecular formula is C49H79NO7. The fourth-order valence-electron chi connectivity index (χ4n) is 5.66. The molecule has 322 valence electrons. The average Bonchev–Trinajstić information content (AvgIpc) is 3.17.